The summed E-state index contributed by atoms with van der Waals surface area (Å²) in [5.41, 5.74) is 8.47. The molecule has 0 fully saturated rings. The number of nitrogens with zero attached hydrogens (tertiary/aromatic N) is 1. The van der Waals surface area contributed by atoms with Gasteiger partial charge in [0.15, 0.2) is 0 Å². The highest BCUT2D eigenvalue weighted by Gasteiger charge is 2.11. The Hall–Kier alpha value is -1.88. The predicted octanol–water partition coefficient (Wildman–Crippen LogP) is 2.59. The summed E-state index contributed by atoms with van der Waals surface area (Å²) in [6.07, 6.45) is 0. The summed E-state index contributed by atoms with van der Waals surface area (Å²) in [4.78, 5) is 16.0. The van der Waals surface area contributed by atoms with Crippen molar-refractivity contribution in [2.24, 2.45) is 0 Å². The van der Waals surface area contributed by atoms with Gasteiger partial charge in [-0.1, -0.05) is 6.07 Å². The van der Waals surface area contributed by atoms with E-state index < -0.39 is 0 Å². The number of anilines is 2. The van der Waals surface area contributed by atoms with Gasteiger partial charge in [0.25, 0.3) is 5.91 Å². The van der Waals surface area contributed by atoms with E-state index in [0.717, 1.165) is 16.3 Å². The molecule has 1 aromatic carbocycles. The number of nitrogens with two attached hydrogens (primary N) is 1. The second kappa shape index (κ2) is 4.55. The number of rotatable bonds is 2. The molecule has 4 nitrogen and oxygen atoms in total. The summed E-state index contributed by atoms with van der Waals surface area (Å²) in [6, 6.07) is 5.44. The minimum atomic E-state index is -0.206. The van der Waals surface area contributed by atoms with Crippen molar-refractivity contribution >= 4 is 28.6 Å². The van der Waals surface area contributed by atoms with E-state index >= 15 is 0 Å². The maximum absolute atomic E-state index is 11.9. The summed E-state index contributed by atoms with van der Waals surface area (Å²) >= 11 is 1.45. The number of aromatic nitrogens is 1. The molecule has 88 valence electrons. The van der Waals surface area contributed by atoms with Crippen LogP contribution in [0.1, 0.15) is 21.1 Å². The van der Waals surface area contributed by atoms with Gasteiger partial charge in [0.1, 0.15) is 5.69 Å². The molecule has 0 atom stereocenters. The summed E-state index contributed by atoms with van der Waals surface area (Å²) in [5.74, 6) is -0.206. The van der Waals surface area contributed by atoms with E-state index in [4.69, 9.17) is 5.73 Å². The standard InChI is InChI=1S/C12H13N3OS/c1-7-9(13)4-3-5-10(7)15-12(16)11-6-17-8(2)14-11/h3-6H,13H2,1-2H3,(H,15,16). The highest BCUT2D eigenvalue weighted by atomic mass is 32.1. The third-order valence-electron chi connectivity index (χ3n) is 2.48. The van der Waals surface area contributed by atoms with Crippen LogP contribution >= 0.6 is 11.3 Å². The molecule has 0 aliphatic heterocycles. The third kappa shape index (κ3) is 2.45. The van der Waals surface area contributed by atoms with Crippen molar-refractivity contribution in [3.63, 3.8) is 0 Å². The maximum atomic E-state index is 11.9. The van der Waals surface area contributed by atoms with Gasteiger partial charge in [-0.3, -0.25) is 4.79 Å². The molecule has 2 aromatic rings. The number of thiazole rings is 1. The zero-order chi connectivity index (χ0) is 12.4. The summed E-state index contributed by atoms with van der Waals surface area (Å²) in [7, 11) is 0. The van der Waals surface area contributed by atoms with Gasteiger partial charge in [0.05, 0.1) is 5.01 Å². The van der Waals surface area contributed by atoms with Crippen LogP contribution < -0.4 is 11.1 Å². The summed E-state index contributed by atoms with van der Waals surface area (Å²) in [6.45, 7) is 3.74. The first-order valence-corrected chi connectivity index (χ1v) is 6.04. The molecule has 17 heavy (non-hydrogen) atoms. The number of nitrogen functional groups attached to an aromatic ring is 1. The minimum Gasteiger partial charge on any atom is -0.398 e. The second-order valence-electron chi connectivity index (χ2n) is 3.73. The van der Waals surface area contributed by atoms with Gasteiger partial charge in [0, 0.05) is 16.8 Å². The molecule has 0 unspecified atom stereocenters. The van der Waals surface area contributed by atoms with Crippen molar-refractivity contribution < 1.29 is 4.79 Å². The van der Waals surface area contributed by atoms with Crippen LogP contribution in [0.15, 0.2) is 23.6 Å². The molecule has 0 radical (unpaired) electrons. The maximum Gasteiger partial charge on any atom is 0.275 e. The lowest BCUT2D eigenvalue weighted by Crippen LogP contribution is -2.13. The molecule has 1 amide bonds. The molecule has 0 aliphatic rings. The highest BCUT2D eigenvalue weighted by molar-refractivity contribution is 7.09. The SMILES string of the molecule is Cc1nc(C(=O)Nc2cccc(N)c2C)cs1. The Kier molecular flexibility index (Phi) is 3.10. The van der Waals surface area contributed by atoms with E-state index in [1.807, 2.05) is 26.0 Å². The van der Waals surface area contributed by atoms with Gasteiger partial charge >= 0.3 is 0 Å². The molecule has 0 aliphatic carbocycles. The predicted molar refractivity (Wildman–Crippen MR) is 70.4 cm³/mol. The lowest BCUT2D eigenvalue weighted by atomic mass is 10.1. The van der Waals surface area contributed by atoms with E-state index in [1.165, 1.54) is 11.3 Å². The molecule has 3 N–H and O–H groups in total. The van der Waals surface area contributed by atoms with Crippen LogP contribution in [0.4, 0.5) is 11.4 Å². The van der Waals surface area contributed by atoms with E-state index in [1.54, 1.807) is 11.4 Å². The van der Waals surface area contributed by atoms with Crippen LogP contribution in [0.25, 0.3) is 0 Å². The van der Waals surface area contributed by atoms with Crippen molar-refractivity contribution in [3.8, 4) is 0 Å². The number of nitrogens with one attached hydrogen (secondary N) is 1. The number of benzene rings is 1. The van der Waals surface area contributed by atoms with Crippen LogP contribution in [-0.2, 0) is 0 Å². The van der Waals surface area contributed by atoms with Crippen molar-refractivity contribution in [1.82, 2.24) is 4.98 Å². The van der Waals surface area contributed by atoms with Crippen LogP contribution in [0.3, 0.4) is 0 Å². The summed E-state index contributed by atoms with van der Waals surface area (Å²) < 4.78 is 0. The molecular weight excluding hydrogens is 234 g/mol. The molecular formula is C12H13N3OS. The molecule has 0 saturated carbocycles. The number of carbonyl (C=O) groups is 1. The fraction of sp³-hybridized carbons (Fsp3) is 0.167. The third-order valence-corrected chi connectivity index (χ3v) is 3.25. The summed E-state index contributed by atoms with van der Waals surface area (Å²) in [5, 5.41) is 5.42. The fourth-order valence-electron chi connectivity index (χ4n) is 1.44. The van der Waals surface area contributed by atoms with E-state index in [0.29, 0.717) is 11.4 Å². The second-order valence-corrected chi connectivity index (χ2v) is 4.79. The van der Waals surface area contributed by atoms with Gasteiger partial charge < -0.3 is 11.1 Å². The van der Waals surface area contributed by atoms with E-state index in [2.05, 4.69) is 10.3 Å². The number of aryl methyl sites for hydroxylation is 1. The van der Waals surface area contributed by atoms with Gasteiger partial charge in [-0.2, -0.15) is 0 Å². The molecule has 1 heterocycles. The number of carbonyl (C=O) groups excluding carboxylic acids is 1. The minimum absolute atomic E-state index is 0.206. The highest BCUT2D eigenvalue weighted by Crippen LogP contribution is 2.21. The van der Waals surface area contributed by atoms with Gasteiger partial charge in [0.2, 0.25) is 0 Å². The van der Waals surface area contributed by atoms with E-state index in [-0.39, 0.29) is 5.91 Å². The van der Waals surface area contributed by atoms with E-state index in [9.17, 15) is 4.79 Å². The Morgan fingerprint density at radius 3 is 2.82 bits per heavy atom. The lowest BCUT2D eigenvalue weighted by molar-refractivity contribution is 0.102. The number of hydrogen-bond acceptors (Lipinski definition) is 4. The first-order chi connectivity index (χ1) is 8.08. The molecule has 0 saturated heterocycles. The Balaban J connectivity index is 2.21. The smallest absolute Gasteiger partial charge is 0.275 e. The largest absolute Gasteiger partial charge is 0.398 e. The van der Waals surface area contributed by atoms with Gasteiger partial charge in [-0.25, -0.2) is 4.98 Å². The Labute approximate surface area is 103 Å². The van der Waals surface area contributed by atoms with Gasteiger partial charge in [-0.05, 0) is 31.5 Å². The van der Waals surface area contributed by atoms with Gasteiger partial charge in [-0.15, -0.1) is 11.3 Å². The molecule has 0 bridgehead atoms. The number of amides is 1. The molecule has 5 heteroatoms. The Morgan fingerprint density at radius 2 is 2.18 bits per heavy atom. The normalized spacial score (nSPS) is 10.2. The fourth-order valence-corrected chi connectivity index (χ4v) is 2.04. The van der Waals surface area contributed by atoms with Crippen LogP contribution in [0.5, 0.6) is 0 Å². The monoisotopic (exact) mass is 247 g/mol. The molecule has 1 aromatic heterocycles. The molecule has 2 rings (SSSR count). The van der Waals surface area contributed by atoms with Crippen molar-refractivity contribution in [1.29, 1.82) is 0 Å². The van der Waals surface area contributed by atoms with Crippen LogP contribution in [0, 0.1) is 13.8 Å². The van der Waals surface area contributed by atoms with Crippen molar-refractivity contribution in [2.75, 3.05) is 11.1 Å². The first kappa shape index (κ1) is 11.6. The Morgan fingerprint density at radius 1 is 1.41 bits per heavy atom. The first-order valence-electron chi connectivity index (χ1n) is 5.16. The van der Waals surface area contributed by atoms with Crippen molar-refractivity contribution in [2.45, 2.75) is 13.8 Å². The van der Waals surface area contributed by atoms with Crippen LogP contribution in [0.2, 0.25) is 0 Å². The number of hydrogen-bond donors (Lipinski definition) is 2. The quantitative estimate of drug-likeness (QED) is 0.801. The lowest BCUT2D eigenvalue weighted by Gasteiger charge is -2.08. The van der Waals surface area contributed by atoms with Crippen LogP contribution in [-0.4, -0.2) is 10.9 Å². The molecule has 0 spiro atoms. The van der Waals surface area contributed by atoms with Crippen molar-refractivity contribution in [3.05, 3.63) is 39.8 Å². The topological polar surface area (TPSA) is 68.0 Å². The zero-order valence-electron chi connectivity index (χ0n) is 9.65. The Bertz CT molecular complexity index is 563. The average Bonchev–Trinajstić information content (AvgIpc) is 2.72. The zero-order valence-corrected chi connectivity index (χ0v) is 10.5. The average molecular weight is 247 g/mol.